The van der Waals surface area contributed by atoms with Crippen LogP contribution in [0.1, 0.15) is 51.4 Å². The predicted octanol–water partition coefficient (Wildman–Crippen LogP) is 3.54. The first-order valence-electron chi connectivity index (χ1n) is 9.53. The quantitative estimate of drug-likeness (QED) is 0.579. The molecule has 0 N–H and O–H groups in total. The molecule has 2 bridgehead atoms. The fourth-order valence-electron chi connectivity index (χ4n) is 5.37. The van der Waals surface area contributed by atoms with Crippen molar-refractivity contribution in [1.82, 2.24) is 9.80 Å². The third-order valence-corrected chi connectivity index (χ3v) is 6.66. The zero-order valence-corrected chi connectivity index (χ0v) is 13.6. The Labute approximate surface area is 130 Å². The molecule has 0 radical (unpaired) electrons. The smallest absolute Gasteiger partial charge is 0.0113 e. The van der Waals surface area contributed by atoms with Gasteiger partial charge >= 0.3 is 0 Å². The van der Waals surface area contributed by atoms with E-state index >= 15 is 0 Å². The van der Waals surface area contributed by atoms with Gasteiger partial charge in [0.1, 0.15) is 0 Å². The number of fused-ring (bicyclic) bond motifs is 2. The molecule has 0 aromatic heterocycles. The Hall–Kier alpha value is -0.340. The normalized spacial score (nSPS) is 39.0. The lowest BCUT2D eigenvalue weighted by atomic mass is 9.93. The molecule has 118 valence electrons. The lowest BCUT2D eigenvalue weighted by Gasteiger charge is -2.40. The molecule has 0 unspecified atom stereocenters. The molecule has 3 aliphatic carbocycles. The fraction of sp³-hybridized carbons (Fsp3) is 0.895. The topological polar surface area (TPSA) is 6.48 Å². The molecule has 4 aliphatic rings. The number of allylic oxidation sites excluding steroid dienone is 2. The molecule has 0 aromatic rings. The van der Waals surface area contributed by atoms with E-state index in [-0.39, 0.29) is 0 Å². The van der Waals surface area contributed by atoms with Crippen molar-refractivity contribution in [2.75, 3.05) is 32.7 Å². The van der Waals surface area contributed by atoms with E-state index in [4.69, 9.17) is 0 Å². The first-order valence-corrected chi connectivity index (χ1v) is 9.53. The SMILES string of the molecule is C1=C[C@@H]2C[C@@H]1C[C@@H]2CN1CCN(C2CCCCCC2)CC1. The highest BCUT2D eigenvalue weighted by Crippen LogP contribution is 2.43. The van der Waals surface area contributed by atoms with Gasteiger partial charge in [0.15, 0.2) is 0 Å². The van der Waals surface area contributed by atoms with E-state index in [2.05, 4.69) is 22.0 Å². The molecule has 2 heteroatoms. The van der Waals surface area contributed by atoms with Crippen molar-refractivity contribution in [1.29, 1.82) is 0 Å². The highest BCUT2D eigenvalue weighted by molar-refractivity contribution is 5.10. The van der Waals surface area contributed by atoms with Crippen LogP contribution in [0.25, 0.3) is 0 Å². The molecule has 1 saturated heterocycles. The summed E-state index contributed by atoms with van der Waals surface area (Å²) in [5, 5.41) is 0. The van der Waals surface area contributed by atoms with Crippen LogP contribution in [0.3, 0.4) is 0 Å². The Balaban J connectivity index is 1.24. The summed E-state index contributed by atoms with van der Waals surface area (Å²) in [6, 6.07) is 0.917. The van der Waals surface area contributed by atoms with Crippen molar-refractivity contribution >= 4 is 0 Å². The lowest BCUT2D eigenvalue weighted by Crippen LogP contribution is -2.51. The van der Waals surface area contributed by atoms with Gasteiger partial charge in [-0.15, -0.1) is 0 Å². The number of rotatable bonds is 3. The third-order valence-electron chi connectivity index (χ3n) is 6.66. The third kappa shape index (κ3) is 3.22. The first-order chi connectivity index (χ1) is 10.4. The molecule has 0 spiro atoms. The van der Waals surface area contributed by atoms with Gasteiger partial charge in [-0.25, -0.2) is 0 Å². The van der Waals surface area contributed by atoms with Crippen LogP contribution in [-0.2, 0) is 0 Å². The summed E-state index contributed by atoms with van der Waals surface area (Å²) >= 11 is 0. The van der Waals surface area contributed by atoms with Crippen LogP contribution in [0.2, 0.25) is 0 Å². The lowest BCUT2D eigenvalue weighted by molar-refractivity contribution is 0.0770. The minimum Gasteiger partial charge on any atom is -0.300 e. The minimum atomic E-state index is 0.917. The van der Waals surface area contributed by atoms with Crippen molar-refractivity contribution in [2.24, 2.45) is 17.8 Å². The molecule has 2 saturated carbocycles. The van der Waals surface area contributed by atoms with Gasteiger partial charge in [0.05, 0.1) is 0 Å². The highest BCUT2D eigenvalue weighted by atomic mass is 15.3. The molecule has 0 amide bonds. The molecular formula is C19H32N2. The summed E-state index contributed by atoms with van der Waals surface area (Å²) in [6.07, 6.45) is 16.8. The summed E-state index contributed by atoms with van der Waals surface area (Å²) in [6.45, 7) is 6.70. The molecule has 21 heavy (non-hydrogen) atoms. The zero-order valence-electron chi connectivity index (χ0n) is 13.6. The van der Waals surface area contributed by atoms with E-state index in [9.17, 15) is 0 Å². The maximum Gasteiger partial charge on any atom is 0.0113 e. The van der Waals surface area contributed by atoms with Crippen LogP contribution in [0.15, 0.2) is 12.2 Å². The molecule has 4 rings (SSSR count). The standard InChI is InChI=1S/C19H32N2/c1-2-4-6-19(5-3-1)21-11-9-20(10-12-21)15-18-14-16-7-8-17(18)13-16/h7-8,16-19H,1-6,9-15H2/t16-,17-,18-/m1/s1. The number of nitrogens with zero attached hydrogens (tertiary/aromatic N) is 2. The van der Waals surface area contributed by atoms with E-state index in [1.165, 1.54) is 84.1 Å². The monoisotopic (exact) mass is 288 g/mol. The Morgan fingerprint density at radius 2 is 1.57 bits per heavy atom. The van der Waals surface area contributed by atoms with Gasteiger partial charge in [-0.05, 0) is 43.4 Å². The average molecular weight is 288 g/mol. The van der Waals surface area contributed by atoms with Gasteiger partial charge in [0.2, 0.25) is 0 Å². The summed E-state index contributed by atoms with van der Waals surface area (Å²) in [5.41, 5.74) is 0. The molecule has 1 aliphatic heterocycles. The van der Waals surface area contributed by atoms with Crippen LogP contribution in [-0.4, -0.2) is 48.6 Å². The van der Waals surface area contributed by atoms with Crippen LogP contribution in [0.5, 0.6) is 0 Å². The Morgan fingerprint density at radius 3 is 2.19 bits per heavy atom. The van der Waals surface area contributed by atoms with Gasteiger partial charge in [-0.1, -0.05) is 37.8 Å². The van der Waals surface area contributed by atoms with Crippen LogP contribution in [0.4, 0.5) is 0 Å². The van der Waals surface area contributed by atoms with Gasteiger partial charge in [-0.2, -0.15) is 0 Å². The molecule has 3 fully saturated rings. The van der Waals surface area contributed by atoms with Crippen molar-refractivity contribution in [3.05, 3.63) is 12.2 Å². The highest BCUT2D eigenvalue weighted by Gasteiger charge is 2.36. The Morgan fingerprint density at radius 1 is 0.810 bits per heavy atom. The largest absolute Gasteiger partial charge is 0.300 e. The average Bonchev–Trinajstić information content (AvgIpc) is 3.02. The maximum atomic E-state index is 2.82. The number of hydrogen-bond donors (Lipinski definition) is 0. The number of piperazine rings is 1. The molecule has 2 nitrogen and oxygen atoms in total. The fourth-order valence-corrected chi connectivity index (χ4v) is 5.37. The van der Waals surface area contributed by atoms with Gasteiger partial charge < -0.3 is 4.90 Å². The van der Waals surface area contributed by atoms with Crippen LogP contribution >= 0.6 is 0 Å². The Kier molecular flexibility index (Phi) is 4.36. The molecule has 0 aromatic carbocycles. The van der Waals surface area contributed by atoms with Crippen molar-refractivity contribution < 1.29 is 0 Å². The predicted molar refractivity (Wildman–Crippen MR) is 88.3 cm³/mol. The van der Waals surface area contributed by atoms with E-state index in [1.807, 2.05) is 0 Å². The second kappa shape index (κ2) is 6.42. The van der Waals surface area contributed by atoms with E-state index in [0.29, 0.717) is 0 Å². The summed E-state index contributed by atoms with van der Waals surface area (Å²) in [5.74, 6) is 2.84. The van der Waals surface area contributed by atoms with Gasteiger partial charge in [0.25, 0.3) is 0 Å². The van der Waals surface area contributed by atoms with Gasteiger partial charge in [0, 0.05) is 38.8 Å². The zero-order chi connectivity index (χ0) is 14.1. The second-order valence-corrected chi connectivity index (χ2v) is 8.02. The molecule has 1 heterocycles. The van der Waals surface area contributed by atoms with E-state index in [1.54, 1.807) is 0 Å². The van der Waals surface area contributed by atoms with Gasteiger partial charge in [-0.3, -0.25) is 4.90 Å². The summed E-state index contributed by atoms with van der Waals surface area (Å²) < 4.78 is 0. The molecular weight excluding hydrogens is 256 g/mol. The maximum absolute atomic E-state index is 2.82. The van der Waals surface area contributed by atoms with E-state index < -0.39 is 0 Å². The Bertz CT molecular complexity index is 362. The van der Waals surface area contributed by atoms with Crippen molar-refractivity contribution in [2.45, 2.75) is 57.4 Å². The van der Waals surface area contributed by atoms with Crippen LogP contribution < -0.4 is 0 Å². The molecule has 3 atom stereocenters. The minimum absolute atomic E-state index is 0.917. The first kappa shape index (κ1) is 14.3. The second-order valence-electron chi connectivity index (χ2n) is 8.02. The van der Waals surface area contributed by atoms with E-state index in [0.717, 1.165) is 23.8 Å². The van der Waals surface area contributed by atoms with Crippen LogP contribution in [0, 0.1) is 17.8 Å². The number of hydrogen-bond acceptors (Lipinski definition) is 2. The summed E-state index contributed by atoms with van der Waals surface area (Å²) in [7, 11) is 0. The van der Waals surface area contributed by atoms with Crippen molar-refractivity contribution in [3.8, 4) is 0 Å². The summed E-state index contributed by atoms with van der Waals surface area (Å²) in [4.78, 5) is 5.59. The van der Waals surface area contributed by atoms with Crippen molar-refractivity contribution in [3.63, 3.8) is 0 Å².